The lowest BCUT2D eigenvalue weighted by Gasteiger charge is -2.06. The van der Waals surface area contributed by atoms with E-state index in [9.17, 15) is 0 Å². The number of rotatable bonds is 8. The molecule has 0 spiro atoms. The molecule has 0 saturated carbocycles. The largest absolute Gasteiger partial charge is 0.389 e. The third-order valence-electron chi connectivity index (χ3n) is 1.80. The third-order valence-corrected chi connectivity index (χ3v) is 1.80. The SMILES string of the molecule is C=CCC(=C)NCCCCC(=C)C. The van der Waals surface area contributed by atoms with E-state index in [-0.39, 0.29) is 0 Å². The Morgan fingerprint density at radius 3 is 2.54 bits per heavy atom. The molecule has 0 aliphatic carbocycles. The average Bonchev–Trinajstić information content (AvgIpc) is 2.03. The highest BCUT2D eigenvalue weighted by Gasteiger charge is 1.91. The van der Waals surface area contributed by atoms with Crippen LogP contribution in [0.1, 0.15) is 32.6 Å². The minimum absolute atomic E-state index is 0.862. The lowest BCUT2D eigenvalue weighted by atomic mass is 10.1. The summed E-state index contributed by atoms with van der Waals surface area (Å²) in [7, 11) is 0. The molecule has 0 aromatic heterocycles. The summed E-state index contributed by atoms with van der Waals surface area (Å²) in [5.74, 6) is 0. The second kappa shape index (κ2) is 7.66. The first-order valence-corrected chi connectivity index (χ1v) is 4.83. The highest BCUT2D eigenvalue weighted by molar-refractivity contribution is 4.97. The van der Waals surface area contributed by atoms with Gasteiger partial charge in [-0.15, -0.1) is 13.2 Å². The quantitative estimate of drug-likeness (QED) is 0.445. The average molecular weight is 179 g/mol. The van der Waals surface area contributed by atoms with Gasteiger partial charge in [-0.3, -0.25) is 0 Å². The lowest BCUT2D eigenvalue weighted by Crippen LogP contribution is -2.13. The Kier molecular flexibility index (Phi) is 7.08. The summed E-state index contributed by atoms with van der Waals surface area (Å²) >= 11 is 0. The van der Waals surface area contributed by atoms with Crippen LogP contribution in [0.15, 0.2) is 37.1 Å². The number of unbranched alkanes of at least 4 members (excludes halogenated alkanes) is 1. The van der Waals surface area contributed by atoms with Crippen LogP contribution in [0.3, 0.4) is 0 Å². The Morgan fingerprint density at radius 1 is 1.31 bits per heavy atom. The fourth-order valence-electron chi connectivity index (χ4n) is 1.06. The minimum atomic E-state index is 0.862. The van der Waals surface area contributed by atoms with Crippen LogP contribution in [0.5, 0.6) is 0 Å². The van der Waals surface area contributed by atoms with E-state index in [0.717, 1.165) is 25.1 Å². The predicted molar refractivity (Wildman–Crippen MR) is 60.6 cm³/mol. The van der Waals surface area contributed by atoms with Gasteiger partial charge in [0.15, 0.2) is 0 Å². The van der Waals surface area contributed by atoms with E-state index in [4.69, 9.17) is 0 Å². The highest BCUT2D eigenvalue weighted by atomic mass is 14.9. The van der Waals surface area contributed by atoms with Gasteiger partial charge in [0.1, 0.15) is 0 Å². The van der Waals surface area contributed by atoms with Crippen molar-refractivity contribution in [2.45, 2.75) is 32.6 Å². The predicted octanol–water partition coefficient (Wildman–Crippen LogP) is 3.41. The van der Waals surface area contributed by atoms with Crippen molar-refractivity contribution in [2.75, 3.05) is 6.54 Å². The number of hydrogen-bond donors (Lipinski definition) is 1. The minimum Gasteiger partial charge on any atom is -0.389 e. The van der Waals surface area contributed by atoms with Gasteiger partial charge in [0.05, 0.1) is 0 Å². The normalized spacial score (nSPS) is 9.31. The van der Waals surface area contributed by atoms with Crippen LogP contribution in [0.25, 0.3) is 0 Å². The topological polar surface area (TPSA) is 12.0 Å². The molecular formula is C12H21N. The second-order valence-corrected chi connectivity index (χ2v) is 3.44. The molecule has 0 aliphatic rings. The van der Waals surface area contributed by atoms with Gasteiger partial charge in [-0.2, -0.15) is 0 Å². The second-order valence-electron chi connectivity index (χ2n) is 3.44. The smallest absolute Gasteiger partial charge is 0.0143 e. The van der Waals surface area contributed by atoms with Crippen LogP contribution in [0.2, 0.25) is 0 Å². The van der Waals surface area contributed by atoms with Crippen LogP contribution in [-0.4, -0.2) is 6.54 Å². The monoisotopic (exact) mass is 179 g/mol. The molecule has 1 heteroatoms. The zero-order chi connectivity index (χ0) is 10.1. The standard InChI is InChI=1S/C12H21N/c1-5-8-12(4)13-10-7-6-9-11(2)3/h5,13H,1-2,4,6-10H2,3H3. The van der Waals surface area contributed by atoms with Crippen molar-refractivity contribution in [3.8, 4) is 0 Å². The van der Waals surface area contributed by atoms with Gasteiger partial charge >= 0.3 is 0 Å². The summed E-state index contributed by atoms with van der Waals surface area (Å²) in [5.41, 5.74) is 2.33. The van der Waals surface area contributed by atoms with Crippen molar-refractivity contribution in [2.24, 2.45) is 0 Å². The van der Waals surface area contributed by atoms with Crippen molar-refractivity contribution in [1.29, 1.82) is 0 Å². The molecule has 1 nitrogen and oxygen atoms in total. The molecule has 0 unspecified atom stereocenters. The molecule has 0 fully saturated rings. The molecule has 13 heavy (non-hydrogen) atoms. The van der Waals surface area contributed by atoms with E-state index in [1.54, 1.807) is 0 Å². The summed E-state index contributed by atoms with van der Waals surface area (Å²) in [4.78, 5) is 0. The van der Waals surface area contributed by atoms with Gasteiger partial charge in [0.25, 0.3) is 0 Å². The Bertz CT molecular complexity index is 180. The first-order chi connectivity index (χ1) is 6.16. The van der Waals surface area contributed by atoms with Crippen LogP contribution in [-0.2, 0) is 0 Å². The zero-order valence-corrected chi connectivity index (χ0v) is 8.73. The number of nitrogens with one attached hydrogen (secondary N) is 1. The van der Waals surface area contributed by atoms with E-state index in [2.05, 4.69) is 32.0 Å². The van der Waals surface area contributed by atoms with E-state index in [1.807, 2.05) is 6.08 Å². The van der Waals surface area contributed by atoms with Crippen molar-refractivity contribution in [3.05, 3.63) is 37.1 Å². The maximum atomic E-state index is 3.88. The Hall–Kier alpha value is -0.980. The summed E-state index contributed by atoms with van der Waals surface area (Å²) < 4.78 is 0. The molecule has 0 heterocycles. The van der Waals surface area contributed by atoms with Crippen molar-refractivity contribution < 1.29 is 0 Å². The molecule has 0 rings (SSSR count). The maximum absolute atomic E-state index is 3.88. The third kappa shape index (κ3) is 8.93. The number of hydrogen-bond acceptors (Lipinski definition) is 1. The van der Waals surface area contributed by atoms with Gasteiger partial charge in [-0.05, 0) is 26.2 Å². The summed E-state index contributed by atoms with van der Waals surface area (Å²) in [6.45, 7) is 14.5. The first-order valence-electron chi connectivity index (χ1n) is 4.83. The van der Waals surface area contributed by atoms with E-state index in [0.29, 0.717) is 0 Å². The van der Waals surface area contributed by atoms with Gasteiger partial charge in [0.2, 0.25) is 0 Å². The Labute approximate surface area is 82.2 Å². The molecule has 0 atom stereocenters. The maximum Gasteiger partial charge on any atom is 0.0143 e. The molecule has 0 radical (unpaired) electrons. The molecule has 0 aromatic carbocycles. The van der Waals surface area contributed by atoms with Gasteiger partial charge in [0, 0.05) is 18.7 Å². The lowest BCUT2D eigenvalue weighted by molar-refractivity contribution is 0.671. The van der Waals surface area contributed by atoms with Gasteiger partial charge < -0.3 is 5.32 Å². The van der Waals surface area contributed by atoms with Crippen LogP contribution in [0.4, 0.5) is 0 Å². The molecule has 0 saturated heterocycles. The molecule has 0 aromatic rings. The summed E-state index contributed by atoms with van der Waals surface area (Å²) in [6, 6.07) is 0. The molecular weight excluding hydrogens is 158 g/mol. The molecule has 74 valence electrons. The fourth-order valence-corrected chi connectivity index (χ4v) is 1.06. The van der Waals surface area contributed by atoms with Gasteiger partial charge in [-0.25, -0.2) is 0 Å². The molecule has 1 N–H and O–H groups in total. The van der Waals surface area contributed by atoms with E-state index >= 15 is 0 Å². The first kappa shape index (κ1) is 12.0. The van der Waals surface area contributed by atoms with Gasteiger partial charge in [-0.1, -0.05) is 18.2 Å². The van der Waals surface area contributed by atoms with Crippen LogP contribution >= 0.6 is 0 Å². The highest BCUT2D eigenvalue weighted by Crippen LogP contribution is 2.03. The summed E-state index contributed by atoms with van der Waals surface area (Å²) in [5, 5.41) is 3.26. The fraction of sp³-hybridized carbons (Fsp3) is 0.500. The Balaban J connectivity index is 3.20. The van der Waals surface area contributed by atoms with E-state index in [1.165, 1.54) is 18.4 Å². The number of allylic oxidation sites excluding steroid dienone is 2. The van der Waals surface area contributed by atoms with Crippen molar-refractivity contribution in [3.63, 3.8) is 0 Å². The van der Waals surface area contributed by atoms with Crippen molar-refractivity contribution >= 4 is 0 Å². The van der Waals surface area contributed by atoms with E-state index < -0.39 is 0 Å². The molecule has 0 aliphatic heterocycles. The Morgan fingerprint density at radius 2 is 2.00 bits per heavy atom. The molecule has 0 bridgehead atoms. The zero-order valence-electron chi connectivity index (χ0n) is 8.73. The van der Waals surface area contributed by atoms with Crippen molar-refractivity contribution in [1.82, 2.24) is 5.32 Å². The van der Waals surface area contributed by atoms with Crippen LogP contribution in [0, 0.1) is 0 Å². The molecule has 0 amide bonds. The van der Waals surface area contributed by atoms with Crippen LogP contribution < -0.4 is 5.32 Å². The summed E-state index contributed by atoms with van der Waals surface area (Å²) in [6.07, 6.45) is 6.26.